The van der Waals surface area contributed by atoms with Crippen molar-refractivity contribution in [2.75, 3.05) is 23.7 Å². The summed E-state index contributed by atoms with van der Waals surface area (Å²) >= 11 is 0. The Morgan fingerprint density at radius 3 is 2.67 bits per heavy atom. The molecular weight excluding hydrogens is 356 g/mol. The number of urea groups is 1. The Morgan fingerprint density at radius 2 is 1.96 bits per heavy atom. The van der Waals surface area contributed by atoms with Crippen LogP contribution in [0.1, 0.15) is 5.69 Å². The van der Waals surface area contributed by atoms with Crippen molar-refractivity contribution in [3.63, 3.8) is 0 Å². The molecule has 0 radical (unpaired) electrons. The Labute approximate surface area is 153 Å². The van der Waals surface area contributed by atoms with E-state index in [9.17, 15) is 13.6 Å². The Morgan fingerprint density at radius 1 is 1.11 bits per heavy atom. The monoisotopic (exact) mass is 373 g/mol. The summed E-state index contributed by atoms with van der Waals surface area (Å²) in [5.41, 5.74) is 0.650. The van der Waals surface area contributed by atoms with Crippen molar-refractivity contribution in [1.29, 1.82) is 0 Å². The molecule has 2 aromatic heterocycles. The van der Waals surface area contributed by atoms with Crippen molar-refractivity contribution in [2.45, 2.75) is 6.92 Å². The summed E-state index contributed by atoms with van der Waals surface area (Å²) in [5.74, 6) is -0.239. The number of carbonyl (C=O) groups excluding carboxylic acids is 1. The van der Waals surface area contributed by atoms with Crippen LogP contribution in [-0.2, 0) is 0 Å². The molecule has 0 saturated carbocycles. The highest BCUT2D eigenvalue weighted by atomic mass is 19.1. The molecule has 140 valence electrons. The number of benzene rings is 1. The number of halogens is 2. The topological polar surface area (TPSA) is 96.8 Å². The number of rotatable bonds is 6. The van der Waals surface area contributed by atoms with Gasteiger partial charge in [-0.2, -0.15) is 5.10 Å². The Kier molecular flexibility index (Phi) is 5.55. The van der Waals surface area contributed by atoms with Gasteiger partial charge in [-0.1, -0.05) is 0 Å². The fraction of sp³-hybridized carbons (Fsp3) is 0.176. The van der Waals surface area contributed by atoms with Gasteiger partial charge in [0, 0.05) is 25.4 Å². The van der Waals surface area contributed by atoms with E-state index >= 15 is 0 Å². The van der Waals surface area contributed by atoms with Crippen molar-refractivity contribution in [1.82, 2.24) is 25.3 Å². The van der Waals surface area contributed by atoms with Crippen LogP contribution in [0.5, 0.6) is 0 Å². The summed E-state index contributed by atoms with van der Waals surface area (Å²) in [5, 5.41) is 20.1. The molecule has 10 heteroatoms. The van der Waals surface area contributed by atoms with E-state index in [2.05, 4.69) is 31.2 Å². The summed E-state index contributed by atoms with van der Waals surface area (Å²) in [7, 11) is 0. The lowest BCUT2D eigenvalue weighted by Gasteiger charge is -2.09. The highest BCUT2D eigenvalue weighted by Gasteiger charge is 2.07. The van der Waals surface area contributed by atoms with Crippen LogP contribution in [0.3, 0.4) is 0 Å². The van der Waals surface area contributed by atoms with Crippen LogP contribution in [0.4, 0.5) is 25.1 Å². The van der Waals surface area contributed by atoms with Gasteiger partial charge in [0.15, 0.2) is 5.82 Å². The highest BCUT2D eigenvalue weighted by molar-refractivity contribution is 5.89. The lowest BCUT2D eigenvalue weighted by molar-refractivity contribution is 0.252. The summed E-state index contributed by atoms with van der Waals surface area (Å²) in [6, 6.07) is 7.54. The van der Waals surface area contributed by atoms with Gasteiger partial charge in [-0.25, -0.2) is 18.3 Å². The molecule has 0 spiro atoms. The van der Waals surface area contributed by atoms with Gasteiger partial charge >= 0.3 is 6.03 Å². The van der Waals surface area contributed by atoms with Crippen molar-refractivity contribution in [2.24, 2.45) is 0 Å². The fourth-order valence-electron chi connectivity index (χ4n) is 2.21. The fourth-order valence-corrected chi connectivity index (χ4v) is 2.21. The van der Waals surface area contributed by atoms with E-state index in [-0.39, 0.29) is 12.2 Å². The maximum atomic E-state index is 13.5. The van der Waals surface area contributed by atoms with E-state index in [4.69, 9.17) is 0 Å². The number of hydrogen-bond acceptors (Lipinski definition) is 5. The number of aryl methyl sites for hydroxylation is 1. The smallest absolute Gasteiger partial charge is 0.319 e. The van der Waals surface area contributed by atoms with E-state index in [1.54, 1.807) is 23.0 Å². The molecule has 0 bridgehead atoms. The zero-order chi connectivity index (χ0) is 19.2. The molecule has 0 fully saturated rings. The molecule has 8 nitrogen and oxygen atoms in total. The first-order valence-corrected chi connectivity index (χ1v) is 8.11. The first kappa shape index (κ1) is 18.2. The third-order valence-electron chi connectivity index (χ3n) is 3.50. The number of hydrogen-bond donors (Lipinski definition) is 3. The molecule has 0 atom stereocenters. The SMILES string of the molecule is Cc1ccn(-c2ccc(NCCNC(=O)Nc3cc(F)ccc3F)nn2)n1. The van der Waals surface area contributed by atoms with Gasteiger partial charge in [0.25, 0.3) is 0 Å². The first-order valence-electron chi connectivity index (χ1n) is 8.11. The average molecular weight is 373 g/mol. The van der Waals surface area contributed by atoms with Gasteiger partial charge in [-0.15, -0.1) is 10.2 Å². The minimum Gasteiger partial charge on any atom is -0.367 e. The minimum atomic E-state index is -0.715. The van der Waals surface area contributed by atoms with Crippen LogP contribution in [0.15, 0.2) is 42.6 Å². The van der Waals surface area contributed by atoms with Gasteiger partial charge in [0.1, 0.15) is 17.5 Å². The Balaban J connectivity index is 1.43. The number of nitrogens with zero attached hydrogens (tertiary/aromatic N) is 4. The largest absolute Gasteiger partial charge is 0.367 e. The molecule has 3 N–H and O–H groups in total. The summed E-state index contributed by atoms with van der Waals surface area (Å²) in [6.45, 7) is 2.49. The standard InChI is InChI=1S/C17H17F2N7O/c1-11-6-9-26(25-11)16-5-4-15(23-24-16)20-7-8-21-17(27)22-14-10-12(18)2-3-13(14)19/h2-6,9-10H,7-8H2,1H3,(H,20,23)(H2,21,22,27). The normalized spacial score (nSPS) is 10.5. The van der Waals surface area contributed by atoms with E-state index in [0.717, 1.165) is 23.9 Å². The van der Waals surface area contributed by atoms with Crippen molar-refractivity contribution in [3.05, 3.63) is 59.9 Å². The predicted octanol–water partition coefficient (Wildman–Crippen LogP) is 2.48. The molecule has 0 unspecified atom stereocenters. The molecule has 3 aromatic rings. The Bertz CT molecular complexity index is 927. The first-order chi connectivity index (χ1) is 13.0. The molecule has 0 aliphatic rings. The third-order valence-corrected chi connectivity index (χ3v) is 3.50. The lowest BCUT2D eigenvalue weighted by Crippen LogP contribution is -2.33. The van der Waals surface area contributed by atoms with Crippen molar-refractivity contribution in [3.8, 4) is 5.82 Å². The van der Waals surface area contributed by atoms with Gasteiger partial charge in [-0.3, -0.25) is 0 Å². The van der Waals surface area contributed by atoms with Gasteiger partial charge in [0.05, 0.1) is 11.4 Å². The zero-order valence-electron chi connectivity index (χ0n) is 14.4. The maximum absolute atomic E-state index is 13.5. The van der Waals surface area contributed by atoms with Crippen LogP contribution in [0, 0.1) is 18.6 Å². The third kappa shape index (κ3) is 4.97. The minimum absolute atomic E-state index is 0.226. The number of amides is 2. The second kappa shape index (κ2) is 8.21. The van der Waals surface area contributed by atoms with Crippen molar-refractivity contribution < 1.29 is 13.6 Å². The summed E-state index contributed by atoms with van der Waals surface area (Å²) < 4.78 is 28.1. The number of nitrogens with one attached hydrogen (secondary N) is 3. The molecule has 27 heavy (non-hydrogen) atoms. The Hall–Kier alpha value is -3.56. The number of anilines is 2. The quantitative estimate of drug-likeness (QED) is 0.577. The number of aromatic nitrogens is 4. The van der Waals surface area contributed by atoms with E-state index in [0.29, 0.717) is 18.2 Å². The van der Waals surface area contributed by atoms with Crippen LogP contribution >= 0.6 is 0 Å². The van der Waals surface area contributed by atoms with E-state index in [1.165, 1.54) is 0 Å². The molecule has 3 rings (SSSR count). The van der Waals surface area contributed by atoms with Gasteiger partial charge in [-0.05, 0) is 37.3 Å². The number of carbonyl (C=O) groups is 1. The molecule has 1 aromatic carbocycles. The van der Waals surface area contributed by atoms with Crippen LogP contribution in [0.25, 0.3) is 5.82 Å². The molecule has 0 aliphatic heterocycles. The highest BCUT2D eigenvalue weighted by Crippen LogP contribution is 2.14. The van der Waals surface area contributed by atoms with Crippen molar-refractivity contribution >= 4 is 17.5 Å². The molecule has 0 saturated heterocycles. The molecular formula is C17H17F2N7O. The van der Waals surface area contributed by atoms with Gasteiger partial charge in [0.2, 0.25) is 0 Å². The van der Waals surface area contributed by atoms with Crippen LogP contribution in [0.2, 0.25) is 0 Å². The van der Waals surface area contributed by atoms with Crippen LogP contribution < -0.4 is 16.0 Å². The second-order valence-electron chi connectivity index (χ2n) is 5.61. The average Bonchev–Trinajstić information content (AvgIpc) is 3.09. The molecule has 2 heterocycles. The summed E-state index contributed by atoms with van der Waals surface area (Å²) in [4.78, 5) is 11.7. The van der Waals surface area contributed by atoms with Gasteiger partial charge < -0.3 is 16.0 Å². The summed E-state index contributed by atoms with van der Waals surface area (Å²) in [6.07, 6.45) is 1.79. The van der Waals surface area contributed by atoms with E-state index < -0.39 is 17.7 Å². The molecule has 0 aliphatic carbocycles. The van der Waals surface area contributed by atoms with E-state index in [1.807, 2.05) is 13.0 Å². The maximum Gasteiger partial charge on any atom is 0.319 e. The predicted molar refractivity (Wildman–Crippen MR) is 95.8 cm³/mol. The second-order valence-corrected chi connectivity index (χ2v) is 5.61. The lowest BCUT2D eigenvalue weighted by atomic mass is 10.3. The zero-order valence-corrected chi connectivity index (χ0v) is 14.4. The van der Waals surface area contributed by atoms with Crippen LogP contribution in [-0.4, -0.2) is 39.1 Å². The molecule has 2 amide bonds.